The van der Waals surface area contributed by atoms with Gasteiger partial charge in [-0.15, -0.1) is 0 Å². The molecule has 0 heterocycles. The molecule has 0 saturated heterocycles. The molecule has 0 radical (unpaired) electrons. The molecule has 0 aromatic carbocycles. The zero-order valence-electron chi connectivity index (χ0n) is 10.6. The summed E-state index contributed by atoms with van der Waals surface area (Å²) >= 11 is 1.66. The largest absolute Gasteiger partial charge is 1.00 e. The number of hydrogen-bond donors (Lipinski definition) is 0. The van der Waals surface area contributed by atoms with E-state index in [2.05, 4.69) is 32.1 Å². The summed E-state index contributed by atoms with van der Waals surface area (Å²) in [6.45, 7) is 4.54. The van der Waals surface area contributed by atoms with Crippen molar-refractivity contribution < 1.29 is 61.9 Å². The SMILES string of the molecule is CCCCC1=C[C]([Zr+3])(CCCC)C=C1.[Cl-].[Cl-].[Cl-]. The zero-order valence-corrected chi connectivity index (χ0v) is 15.3. The van der Waals surface area contributed by atoms with Gasteiger partial charge in [0.15, 0.2) is 0 Å². The van der Waals surface area contributed by atoms with Crippen LogP contribution in [0.15, 0.2) is 23.8 Å². The van der Waals surface area contributed by atoms with Crippen molar-refractivity contribution in [2.24, 2.45) is 0 Å². The van der Waals surface area contributed by atoms with E-state index in [-0.39, 0.29) is 37.2 Å². The second-order valence-corrected chi connectivity index (χ2v) is 6.59. The summed E-state index contributed by atoms with van der Waals surface area (Å²) in [6, 6.07) is 0. The topological polar surface area (TPSA) is 0 Å². The van der Waals surface area contributed by atoms with Crippen LogP contribution in [0.1, 0.15) is 52.4 Å². The van der Waals surface area contributed by atoms with Crippen molar-refractivity contribution in [3.63, 3.8) is 0 Å². The van der Waals surface area contributed by atoms with Gasteiger partial charge >= 0.3 is 104 Å². The van der Waals surface area contributed by atoms with Gasteiger partial charge in [0.2, 0.25) is 0 Å². The van der Waals surface area contributed by atoms with Crippen LogP contribution < -0.4 is 37.2 Å². The molecule has 0 aromatic heterocycles. The van der Waals surface area contributed by atoms with E-state index in [0.717, 1.165) is 0 Å². The van der Waals surface area contributed by atoms with Crippen LogP contribution in [0.2, 0.25) is 3.12 Å². The predicted molar refractivity (Wildman–Crippen MR) is 59.0 cm³/mol. The van der Waals surface area contributed by atoms with Crippen molar-refractivity contribution in [2.75, 3.05) is 0 Å². The van der Waals surface area contributed by atoms with Crippen LogP contribution in [-0.4, -0.2) is 0 Å². The fraction of sp³-hybridized carbons (Fsp3) is 0.692. The Hall–Kier alpha value is 1.23. The van der Waals surface area contributed by atoms with Crippen LogP contribution in [0.25, 0.3) is 0 Å². The van der Waals surface area contributed by atoms with Crippen molar-refractivity contribution in [1.82, 2.24) is 0 Å². The van der Waals surface area contributed by atoms with Gasteiger partial charge in [-0.25, -0.2) is 0 Å². The molecule has 0 nitrogen and oxygen atoms in total. The Morgan fingerprint density at radius 1 is 1.06 bits per heavy atom. The van der Waals surface area contributed by atoms with E-state index < -0.39 is 0 Å². The quantitative estimate of drug-likeness (QED) is 0.440. The van der Waals surface area contributed by atoms with E-state index in [1.54, 1.807) is 30.3 Å². The average molecular weight is 375 g/mol. The first kappa shape index (κ1) is 23.3. The van der Waals surface area contributed by atoms with Crippen molar-refractivity contribution in [3.8, 4) is 0 Å². The van der Waals surface area contributed by atoms with Crippen molar-refractivity contribution in [2.45, 2.75) is 55.5 Å². The monoisotopic (exact) mass is 372 g/mol. The molecule has 17 heavy (non-hydrogen) atoms. The molecule has 0 N–H and O–H groups in total. The van der Waals surface area contributed by atoms with Crippen LogP contribution >= 0.6 is 0 Å². The summed E-state index contributed by atoms with van der Waals surface area (Å²) in [5, 5.41) is 0. The zero-order chi connectivity index (χ0) is 10.4. The first-order valence-electron chi connectivity index (χ1n) is 5.86. The summed E-state index contributed by atoms with van der Waals surface area (Å²) in [5.74, 6) is 0. The van der Waals surface area contributed by atoms with Gasteiger partial charge in [-0.1, -0.05) is 0 Å². The van der Waals surface area contributed by atoms with Gasteiger partial charge in [-0.2, -0.15) is 0 Å². The molecule has 0 saturated carbocycles. The molecule has 98 valence electrons. The first-order chi connectivity index (χ1) is 6.70. The van der Waals surface area contributed by atoms with E-state index in [0.29, 0.717) is 3.12 Å². The summed E-state index contributed by atoms with van der Waals surface area (Å²) in [4.78, 5) is 0. The molecule has 1 rings (SSSR count). The minimum absolute atomic E-state index is 0. The van der Waals surface area contributed by atoms with Gasteiger partial charge in [0, 0.05) is 0 Å². The third-order valence-corrected chi connectivity index (χ3v) is 4.18. The second-order valence-electron chi connectivity index (χ2n) is 4.30. The summed E-state index contributed by atoms with van der Waals surface area (Å²) < 4.78 is 0.464. The number of hydrogen-bond acceptors (Lipinski definition) is 0. The number of halogens is 3. The van der Waals surface area contributed by atoms with Gasteiger partial charge in [-0.3, -0.25) is 0 Å². The molecule has 1 aliphatic carbocycles. The Bertz CT molecular complexity index is 239. The van der Waals surface area contributed by atoms with Crippen LogP contribution in [0.5, 0.6) is 0 Å². The standard InChI is InChI=1S/C13H21.3ClH.Zr/c1-3-5-7-12-9-10-13(11-12)8-6-4-2;;;;/h9-11H,3-8H2,1-2H3;3*1H;/q;;;;+3/p-3. The fourth-order valence-corrected chi connectivity index (χ4v) is 2.94. The molecule has 0 fully saturated rings. The van der Waals surface area contributed by atoms with Gasteiger partial charge in [-0.05, 0) is 0 Å². The second kappa shape index (κ2) is 12.3. The van der Waals surface area contributed by atoms with Crippen molar-refractivity contribution >= 4 is 0 Å². The molecule has 4 heteroatoms. The fourth-order valence-electron chi connectivity index (χ4n) is 1.84. The van der Waals surface area contributed by atoms with Crippen molar-refractivity contribution in [1.29, 1.82) is 0 Å². The maximum Gasteiger partial charge on any atom is -1.00 e. The van der Waals surface area contributed by atoms with E-state index in [1.165, 1.54) is 38.5 Å². The third-order valence-electron chi connectivity index (χ3n) is 2.80. The normalized spacial score (nSPS) is 21.1. The molecule has 0 bridgehead atoms. The Balaban J connectivity index is -0.000000653. The predicted octanol–water partition coefficient (Wildman–Crippen LogP) is -4.42. The Morgan fingerprint density at radius 2 is 1.65 bits per heavy atom. The molecule has 0 aliphatic heterocycles. The van der Waals surface area contributed by atoms with E-state index in [9.17, 15) is 0 Å². The molecule has 0 aromatic rings. The molecule has 1 aliphatic rings. The van der Waals surface area contributed by atoms with Gasteiger partial charge in [0.25, 0.3) is 0 Å². The van der Waals surface area contributed by atoms with Crippen LogP contribution in [-0.2, 0) is 24.7 Å². The summed E-state index contributed by atoms with van der Waals surface area (Å²) in [6.07, 6.45) is 15.3. The van der Waals surface area contributed by atoms with E-state index >= 15 is 0 Å². The third kappa shape index (κ3) is 8.87. The number of allylic oxidation sites excluding steroid dienone is 4. The van der Waals surface area contributed by atoms with Crippen molar-refractivity contribution in [3.05, 3.63) is 23.8 Å². The van der Waals surface area contributed by atoms with E-state index in [4.69, 9.17) is 0 Å². The molecular formula is C13H21Cl3Zr. The summed E-state index contributed by atoms with van der Waals surface area (Å²) in [5.41, 5.74) is 1.58. The Morgan fingerprint density at radius 3 is 2.18 bits per heavy atom. The van der Waals surface area contributed by atoms with Crippen LogP contribution in [0, 0.1) is 0 Å². The maximum atomic E-state index is 2.52. The van der Waals surface area contributed by atoms with Crippen LogP contribution in [0.4, 0.5) is 0 Å². The maximum absolute atomic E-state index is 2.52. The molecule has 1 atom stereocenters. The van der Waals surface area contributed by atoms with Gasteiger partial charge < -0.3 is 37.2 Å². The number of unbranched alkanes of at least 4 members (excludes halogenated alkanes) is 2. The van der Waals surface area contributed by atoms with Gasteiger partial charge in [0.05, 0.1) is 0 Å². The van der Waals surface area contributed by atoms with Gasteiger partial charge in [0.1, 0.15) is 0 Å². The van der Waals surface area contributed by atoms with Crippen LogP contribution in [0.3, 0.4) is 0 Å². The minimum Gasteiger partial charge on any atom is -1.00 e. The number of rotatable bonds is 6. The minimum atomic E-state index is 0. The molecule has 1 unspecified atom stereocenters. The molecular weight excluding hydrogens is 354 g/mol. The first-order valence-corrected chi connectivity index (χ1v) is 7.09. The average Bonchev–Trinajstić information content (AvgIpc) is 2.55. The van der Waals surface area contributed by atoms with E-state index in [1.807, 2.05) is 0 Å². The smallest absolute Gasteiger partial charge is 1.00 e. The Kier molecular flexibility index (Phi) is 16.9. The summed E-state index contributed by atoms with van der Waals surface area (Å²) in [7, 11) is 0. The molecule has 0 spiro atoms. The molecule has 0 amide bonds. The Labute approximate surface area is 140 Å².